The van der Waals surface area contributed by atoms with E-state index in [1.807, 2.05) is 60.4 Å². The highest BCUT2D eigenvalue weighted by atomic mass is 16.5. The number of methoxy groups -OCH3 is 1. The summed E-state index contributed by atoms with van der Waals surface area (Å²) < 4.78 is 5.24. The summed E-state index contributed by atoms with van der Waals surface area (Å²) >= 11 is 0. The maximum Gasteiger partial charge on any atom is 0.270 e. The summed E-state index contributed by atoms with van der Waals surface area (Å²) in [5.41, 5.74) is 3.16. The number of carbonyl (C=O) groups excluding carboxylic acids is 2. The molecule has 4 rings (SSSR count). The van der Waals surface area contributed by atoms with Gasteiger partial charge in [-0.3, -0.25) is 9.59 Å². The third-order valence-corrected chi connectivity index (χ3v) is 5.29. The Morgan fingerprint density at radius 2 is 1.61 bits per heavy atom. The van der Waals surface area contributed by atoms with Crippen molar-refractivity contribution in [3.63, 3.8) is 0 Å². The highest BCUT2D eigenvalue weighted by molar-refractivity contribution is 5.99. The fourth-order valence-corrected chi connectivity index (χ4v) is 3.62. The number of benzene rings is 2. The lowest BCUT2D eigenvalue weighted by atomic mass is 10.1. The topological polar surface area (TPSA) is 65.6 Å². The molecule has 1 aromatic heterocycles. The normalized spacial score (nSPS) is 14.4. The Bertz CT molecular complexity index is 1030. The van der Waals surface area contributed by atoms with Crippen molar-refractivity contribution in [3.05, 3.63) is 65.4 Å². The first-order valence-corrected chi connectivity index (χ1v) is 9.38. The zero-order valence-electron chi connectivity index (χ0n) is 16.1. The van der Waals surface area contributed by atoms with E-state index in [0.717, 1.165) is 27.8 Å². The van der Waals surface area contributed by atoms with Crippen LogP contribution in [0.4, 0.5) is 0 Å². The Kier molecular flexibility index (Phi) is 4.77. The van der Waals surface area contributed by atoms with Crippen molar-refractivity contribution in [2.75, 3.05) is 33.3 Å². The van der Waals surface area contributed by atoms with Crippen LogP contribution < -0.4 is 4.74 Å². The van der Waals surface area contributed by atoms with Crippen LogP contribution in [0.15, 0.2) is 48.5 Å². The number of amides is 2. The van der Waals surface area contributed by atoms with Crippen molar-refractivity contribution in [2.45, 2.75) is 6.92 Å². The minimum Gasteiger partial charge on any atom is -0.497 e. The molecule has 0 spiro atoms. The zero-order chi connectivity index (χ0) is 19.7. The minimum absolute atomic E-state index is 0.0305. The molecule has 6 nitrogen and oxygen atoms in total. The molecule has 0 unspecified atom stereocenters. The highest BCUT2D eigenvalue weighted by Gasteiger charge is 2.26. The van der Waals surface area contributed by atoms with Crippen molar-refractivity contribution in [3.8, 4) is 5.75 Å². The van der Waals surface area contributed by atoms with Crippen molar-refractivity contribution >= 4 is 22.7 Å². The molecule has 2 aromatic carbocycles. The number of rotatable bonds is 3. The Hall–Kier alpha value is -3.28. The molecule has 2 heterocycles. The Morgan fingerprint density at radius 3 is 2.29 bits per heavy atom. The van der Waals surface area contributed by atoms with Gasteiger partial charge < -0.3 is 19.5 Å². The second kappa shape index (κ2) is 7.38. The first-order chi connectivity index (χ1) is 13.6. The molecule has 0 saturated carbocycles. The van der Waals surface area contributed by atoms with E-state index in [9.17, 15) is 9.59 Å². The number of hydrogen-bond acceptors (Lipinski definition) is 3. The molecule has 1 fully saturated rings. The first kappa shape index (κ1) is 18.1. The molecule has 0 aliphatic carbocycles. The standard InChI is InChI=1S/C22H23N3O3/c1-15-5-3-4-6-18(15)21(26)24-9-11-25(12-10-24)22(27)20-14-16-13-17(28-2)7-8-19(16)23-20/h3-8,13-14,23H,9-12H2,1-2H3. The van der Waals surface area contributed by atoms with E-state index >= 15 is 0 Å². The van der Waals surface area contributed by atoms with Gasteiger partial charge in [-0.2, -0.15) is 0 Å². The third kappa shape index (κ3) is 3.33. The monoisotopic (exact) mass is 377 g/mol. The number of piperazine rings is 1. The maximum absolute atomic E-state index is 12.9. The van der Waals surface area contributed by atoms with Crippen LogP contribution >= 0.6 is 0 Å². The average Bonchev–Trinajstić information content (AvgIpc) is 3.16. The Morgan fingerprint density at radius 1 is 0.929 bits per heavy atom. The molecule has 1 saturated heterocycles. The van der Waals surface area contributed by atoms with Gasteiger partial charge in [-0.25, -0.2) is 0 Å². The van der Waals surface area contributed by atoms with Crippen molar-refractivity contribution in [1.82, 2.24) is 14.8 Å². The van der Waals surface area contributed by atoms with Crippen LogP contribution in [0.5, 0.6) is 5.75 Å². The van der Waals surface area contributed by atoms with Crippen LogP contribution in [-0.2, 0) is 0 Å². The second-order valence-corrected chi connectivity index (χ2v) is 7.04. The molecule has 1 aliphatic heterocycles. The fraction of sp³-hybridized carbons (Fsp3) is 0.273. The smallest absolute Gasteiger partial charge is 0.270 e. The van der Waals surface area contributed by atoms with Crippen molar-refractivity contribution < 1.29 is 14.3 Å². The summed E-state index contributed by atoms with van der Waals surface area (Å²) in [5.74, 6) is 0.745. The number of aryl methyl sites for hydroxylation is 1. The predicted molar refractivity (Wildman–Crippen MR) is 108 cm³/mol. The van der Waals surface area contributed by atoms with Gasteiger partial charge in [-0.15, -0.1) is 0 Å². The number of nitrogens with zero attached hydrogens (tertiary/aromatic N) is 2. The van der Waals surface area contributed by atoms with Crippen LogP contribution in [0, 0.1) is 6.92 Å². The van der Waals surface area contributed by atoms with Gasteiger partial charge in [0.2, 0.25) is 0 Å². The van der Waals surface area contributed by atoms with Gasteiger partial charge in [0.25, 0.3) is 11.8 Å². The summed E-state index contributed by atoms with van der Waals surface area (Å²) in [6.45, 7) is 4.06. The Balaban J connectivity index is 1.44. The van der Waals surface area contributed by atoms with Crippen LogP contribution in [0.25, 0.3) is 10.9 Å². The molecule has 0 atom stereocenters. The summed E-state index contributed by atoms with van der Waals surface area (Å²) in [6.07, 6.45) is 0. The molecule has 28 heavy (non-hydrogen) atoms. The molecular weight excluding hydrogens is 354 g/mol. The largest absolute Gasteiger partial charge is 0.497 e. The number of H-pyrrole nitrogens is 1. The quantitative estimate of drug-likeness (QED) is 0.763. The lowest BCUT2D eigenvalue weighted by Crippen LogP contribution is -2.50. The molecule has 3 aromatic rings. The molecule has 144 valence electrons. The lowest BCUT2D eigenvalue weighted by Gasteiger charge is -2.34. The summed E-state index contributed by atoms with van der Waals surface area (Å²) in [6, 6.07) is 15.1. The highest BCUT2D eigenvalue weighted by Crippen LogP contribution is 2.22. The van der Waals surface area contributed by atoms with Gasteiger partial charge in [0.05, 0.1) is 7.11 Å². The average molecular weight is 377 g/mol. The Labute approximate surface area is 163 Å². The van der Waals surface area contributed by atoms with Crippen molar-refractivity contribution in [2.24, 2.45) is 0 Å². The van der Waals surface area contributed by atoms with Crippen molar-refractivity contribution in [1.29, 1.82) is 0 Å². The first-order valence-electron chi connectivity index (χ1n) is 9.38. The van der Waals surface area contributed by atoms with E-state index in [2.05, 4.69) is 4.98 Å². The van der Waals surface area contributed by atoms with Gasteiger partial charge in [-0.1, -0.05) is 18.2 Å². The third-order valence-electron chi connectivity index (χ3n) is 5.29. The number of fused-ring (bicyclic) bond motifs is 1. The maximum atomic E-state index is 12.9. The zero-order valence-corrected chi connectivity index (χ0v) is 16.1. The van der Waals surface area contributed by atoms with Gasteiger partial charge in [0.15, 0.2) is 0 Å². The molecule has 2 amide bonds. The van der Waals surface area contributed by atoms with E-state index in [4.69, 9.17) is 4.74 Å². The van der Waals surface area contributed by atoms with Crippen LogP contribution in [0.3, 0.4) is 0 Å². The minimum atomic E-state index is -0.0434. The molecular formula is C22H23N3O3. The van der Waals surface area contributed by atoms with E-state index < -0.39 is 0 Å². The number of carbonyl (C=O) groups is 2. The molecule has 0 radical (unpaired) electrons. The number of nitrogens with one attached hydrogen (secondary N) is 1. The summed E-state index contributed by atoms with van der Waals surface area (Å²) in [4.78, 5) is 32.4. The predicted octanol–water partition coefficient (Wildman–Crippen LogP) is 3.08. The van der Waals surface area contributed by atoms with Gasteiger partial charge in [0, 0.05) is 42.6 Å². The van der Waals surface area contributed by atoms with Gasteiger partial charge >= 0.3 is 0 Å². The van der Waals surface area contributed by atoms with Crippen LogP contribution in [0.2, 0.25) is 0 Å². The summed E-state index contributed by atoms with van der Waals surface area (Å²) in [7, 11) is 1.62. The fourth-order valence-electron chi connectivity index (χ4n) is 3.62. The summed E-state index contributed by atoms with van der Waals surface area (Å²) in [5, 5.41) is 0.941. The SMILES string of the molecule is COc1ccc2[nH]c(C(=O)N3CCN(C(=O)c4ccccc4C)CC3)cc2c1. The van der Waals surface area contributed by atoms with Crippen LogP contribution in [-0.4, -0.2) is 59.9 Å². The second-order valence-electron chi connectivity index (χ2n) is 7.04. The van der Waals surface area contributed by atoms with E-state index in [0.29, 0.717) is 31.9 Å². The number of aromatic amines is 1. The lowest BCUT2D eigenvalue weighted by molar-refractivity contribution is 0.0532. The molecule has 0 bridgehead atoms. The number of ether oxygens (including phenoxy) is 1. The van der Waals surface area contributed by atoms with Gasteiger partial charge in [-0.05, 0) is 42.8 Å². The van der Waals surface area contributed by atoms with E-state index in [1.54, 1.807) is 12.0 Å². The number of hydrogen-bond donors (Lipinski definition) is 1. The molecule has 6 heteroatoms. The molecule has 1 N–H and O–H groups in total. The van der Waals surface area contributed by atoms with Gasteiger partial charge in [0.1, 0.15) is 11.4 Å². The van der Waals surface area contributed by atoms with E-state index in [-0.39, 0.29) is 11.8 Å². The van der Waals surface area contributed by atoms with Crippen LogP contribution in [0.1, 0.15) is 26.4 Å². The molecule has 1 aliphatic rings. The number of aromatic nitrogens is 1. The van der Waals surface area contributed by atoms with E-state index in [1.165, 1.54) is 0 Å².